The highest BCUT2D eigenvalue weighted by Gasteiger charge is 2.27. The molecule has 24 heavy (non-hydrogen) atoms. The van der Waals surface area contributed by atoms with Crippen LogP contribution in [0.5, 0.6) is 0 Å². The summed E-state index contributed by atoms with van der Waals surface area (Å²) in [5, 5.41) is 4.55. The normalized spacial score (nSPS) is 13.9. The van der Waals surface area contributed by atoms with Gasteiger partial charge in [0.25, 0.3) is 5.91 Å². The van der Waals surface area contributed by atoms with Crippen molar-refractivity contribution in [2.45, 2.75) is 25.7 Å². The van der Waals surface area contributed by atoms with Gasteiger partial charge in [-0.25, -0.2) is 0 Å². The van der Waals surface area contributed by atoms with E-state index in [9.17, 15) is 4.79 Å². The highest BCUT2D eigenvalue weighted by atomic mass is 35.5. The quantitative estimate of drug-likeness (QED) is 0.702. The van der Waals surface area contributed by atoms with Crippen LogP contribution in [-0.2, 0) is 0 Å². The van der Waals surface area contributed by atoms with Gasteiger partial charge in [0.2, 0.25) is 0 Å². The average molecular weight is 337 g/mol. The second-order valence-electron chi connectivity index (χ2n) is 6.30. The largest absolute Gasteiger partial charge is 0.322 e. The molecular weight excluding hydrogens is 320 g/mol. The summed E-state index contributed by atoms with van der Waals surface area (Å²) >= 11 is 5.99. The van der Waals surface area contributed by atoms with E-state index in [1.807, 2.05) is 49.4 Å². The van der Waals surface area contributed by atoms with Gasteiger partial charge in [-0.05, 0) is 55.7 Å². The van der Waals surface area contributed by atoms with E-state index in [0.717, 1.165) is 40.7 Å². The Morgan fingerprint density at radius 1 is 1.17 bits per heavy atom. The molecule has 120 valence electrons. The van der Waals surface area contributed by atoms with Crippen LogP contribution in [0.4, 0.5) is 5.69 Å². The maximum absolute atomic E-state index is 12.9. The first-order chi connectivity index (χ1) is 11.6. The zero-order valence-corrected chi connectivity index (χ0v) is 14.1. The molecule has 0 saturated heterocycles. The zero-order valence-electron chi connectivity index (χ0n) is 13.3. The zero-order chi connectivity index (χ0) is 16.7. The molecule has 1 aromatic heterocycles. The molecule has 1 heterocycles. The van der Waals surface area contributed by atoms with Crippen LogP contribution in [0.25, 0.3) is 10.9 Å². The number of hydrogen-bond donors (Lipinski definition) is 1. The smallest absolute Gasteiger partial charge is 0.256 e. The number of anilines is 1. The minimum atomic E-state index is -0.110. The van der Waals surface area contributed by atoms with Crippen molar-refractivity contribution in [3.63, 3.8) is 0 Å². The van der Waals surface area contributed by atoms with Crippen molar-refractivity contribution in [2.75, 3.05) is 5.32 Å². The number of halogens is 1. The van der Waals surface area contributed by atoms with Gasteiger partial charge < -0.3 is 5.32 Å². The fourth-order valence-electron chi connectivity index (χ4n) is 2.93. The number of nitrogens with zero attached hydrogens (tertiary/aromatic N) is 1. The summed E-state index contributed by atoms with van der Waals surface area (Å²) in [5.74, 6) is 0.388. The molecular formula is C20H17ClN2O. The lowest BCUT2D eigenvalue weighted by Gasteiger charge is -2.12. The van der Waals surface area contributed by atoms with Crippen molar-refractivity contribution in [1.82, 2.24) is 4.98 Å². The molecule has 3 aromatic rings. The Hall–Kier alpha value is -2.39. The molecule has 0 spiro atoms. The van der Waals surface area contributed by atoms with E-state index < -0.39 is 0 Å². The Labute approximate surface area is 145 Å². The van der Waals surface area contributed by atoms with Gasteiger partial charge in [0.15, 0.2) is 0 Å². The molecule has 0 aliphatic heterocycles. The minimum absolute atomic E-state index is 0.110. The third kappa shape index (κ3) is 2.87. The first-order valence-corrected chi connectivity index (χ1v) is 8.47. The lowest BCUT2D eigenvalue weighted by atomic mass is 10.0. The standard InChI is InChI=1S/C20H17ClN2O/c1-12-10-14(21)8-9-17(12)23-20(24)16-11-19(13-6-7-13)22-18-5-3-2-4-15(16)18/h2-5,8-11,13H,6-7H2,1H3,(H,23,24). The maximum Gasteiger partial charge on any atom is 0.256 e. The second-order valence-corrected chi connectivity index (χ2v) is 6.74. The first-order valence-electron chi connectivity index (χ1n) is 8.09. The van der Waals surface area contributed by atoms with Crippen LogP contribution in [0.1, 0.15) is 40.4 Å². The Morgan fingerprint density at radius 2 is 1.96 bits per heavy atom. The first kappa shape index (κ1) is 15.2. The average Bonchev–Trinajstić information content (AvgIpc) is 3.41. The van der Waals surface area contributed by atoms with Crippen molar-refractivity contribution in [3.05, 3.63) is 70.4 Å². The lowest BCUT2D eigenvalue weighted by molar-refractivity contribution is 0.102. The van der Waals surface area contributed by atoms with Gasteiger partial charge in [-0.3, -0.25) is 9.78 Å². The van der Waals surface area contributed by atoms with Crippen molar-refractivity contribution >= 4 is 34.1 Å². The van der Waals surface area contributed by atoms with E-state index in [4.69, 9.17) is 16.6 Å². The van der Waals surface area contributed by atoms with E-state index in [0.29, 0.717) is 16.5 Å². The van der Waals surface area contributed by atoms with E-state index in [2.05, 4.69) is 5.32 Å². The van der Waals surface area contributed by atoms with Crippen molar-refractivity contribution in [2.24, 2.45) is 0 Å². The van der Waals surface area contributed by atoms with E-state index >= 15 is 0 Å². The van der Waals surface area contributed by atoms with Crippen LogP contribution in [0.3, 0.4) is 0 Å². The SMILES string of the molecule is Cc1cc(Cl)ccc1NC(=O)c1cc(C2CC2)nc2ccccc12. The highest BCUT2D eigenvalue weighted by Crippen LogP contribution is 2.40. The summed E-state index contributed by atoms with van der Waals surface area (Å²) in [7, 11) is 0. The fraction of sp³-hybridized carbons (Fsp3) is 0.200. The highest BCUT2D eigenvalue weighted by molar-refractivity contribution is 6.30. The van der Waals surface area contributed by atoms with Crippen LogP contribution in [0.2, 0.25) is 5.02 Å². The molecule has 4 rings (SSSR count). The van der Waals surface area contributed by atoms with Crippen LogP contribution in [-0.4, -0.2) is 10.9 Å². The van der Waals surface area contributed by atoms with Crippen molar-refractivity contribution < 1.29 is 4.79 Å². The van der Waals surface area contributed by atoms with Crippen LogP contribution >= 0.6 is 11.6 Å². The molecule has 2 aromatic carbocycles. The predicted molar refractivity (Wildman–Crippen MR) is 97.9 cm³/mol. The molecule has 0 unspecified atom stereocenters. The van der Waals surface area contributed by atoms with Gasteiger partial charge in [-0.2, -0.15) is 0 Å². The Morgan fingerprint density at radius 3 is 2.71 bits per heavy atom. The number of benzene rings is 2. The molecule has 0 bridgehead atoms. The number of carbonyl (C=O) groups is 1. The molecule has 1 aliphatic rings. The third-order valence-electron chi connectivity index (χ3n) is 4.41. The maximum atomic E-state index is 12.9. The second kappa shape index (κ2) is 5.91. The number of carbonyl (C=O) groups excluding carboxylic acids is 1. The molecule has 3 nitrogen and oxygen atoms in total. The molecule has 1 N–H and O–H groups in total. The number of amides is 1. The van der Waals surface area contributed by atoms with Gasteiger partial charge in [0.05, 0.1) is 11.1 Å². The molecule has 1 saturated carbocycles. The summed E-state index contributed by atoms with van der Waals surface area (Å²) < 4.78 is 0. The Balaban J connectivity index is 1.75. The summed E-state index contributed by atoms with van der Waals surface area (Å²) in [4.78, 5) is 17.6. The molecule has 1 amide bonds. The van der Waals surface area contributed by atoms with Gasteiger partial charge in [0, 0.05) is 27.7 Å². The van der Waals surface area contributed by atoms with Gasteiger partial charge >= 0.3 is 0 Å². The molecule has 0 atom stereocenters. The lowest BCUT2D eigenvalue weighted by Crippen LogP contribution is -2.14. The number of pyridine rings is 1. The number of aromatic nitrogens is 1. The van der Waals surface area contributed by atoms with Crippen molar-refractivity contribution in [1.29, 1.82) is 0 Å². The Bertz CT molecular complexity index is 948. The van der Waals surface area contributed by atoms with E-state index in [1.165, 1.54) is 0 Å². The number of nitrogens with one attached hydrogen (secondary N) is 1. The number of aryl methyl sites for hydroxylation is 1. The minimum Gasteiger partial charge on any atom is -0.322 e. The summed E-state index contributed by atoms with van der Waals surface area (Å²) in [6, 6.07) is 15.2. The van der Waals surface area contributed by atoms with Crippen molar-refractivity contribution in [3.8, 4) is 0 Å². The molecule has 1 aliphatic carbocycles. The van der Waals surface area contributed by atoms with E-state index in [1.54, 1.807) is 6.07 Å². The third-order valence-corrected chi connectivity index (χ3v) is 4.65. The number of fused-ring (bicyclic) bond motifs is 1. The Kier molecular flexibility index (Phi) is 3.73. The topological polar surface area (TPSA) is 42.0 Å². The van der Waals surface area contributed by atoms with Crippen LogP contribution in [0, 0.1) is 6.92 Å². The summed E-state index contributed by atoms with van der Waals surface area (Å²) in [5.41, 5.74) is 4.29. The summed E-state index contributed by atoms with van der Waals surface area (Å²) in [6.07, 6.45) is 2.31. The number of hydrogen-bond acceptors (Lipinski definition) is 2. The number of rotatable bonds is 3. The molecule has 1 fully saturated rings. The van der Waals surface area contributed by atoms with Crippen LogP contribution in [0.15, 0.2) is 48.5 Å². The van der Waals surface area contributed by atoms with Crippen LogP contribution < -0.4 is 5.32 Å². The van der Waals surface area contributed by atoms with E-state index in [-0.39, 0.29) is 5.91 Å². The summed E-state index contributed by atoms with van der Waals surface area (Å²) in [6.45, 7) is 1.93. The fourth-order valence-corrected chi connectivity index (χ4v) is 3.16. The number of para-hydroxylation sites is 1. The van der Waals surface area contributed by atoms with Gasteiger partial charge in [-0.1, -0.05) is 29.8 Å². The monoisotopic (exact) mass is 336 g/mol. The van der Waals surface area contributed by atoms with Gasteiger partial charge in [-0.15, -0.1) is 0 Å². The van der Waals surface area contributed by atoms with Gasteiger partial charge in [0.1, 0.15) is 0 Å². The molecule has 4 heteroatoms. The predicted octanol–water partition coefficient (Wildman–Crippen LogP) is 5.33. The molecule has 0 radical (unpaired) electrons.